The van der Waals surface area contributed by atoms with Gasteiger partial charge in [-0.2, -0.15) is 0 Å². The van der Waals surface area contributed by atoms with E-state index in [-0.39, 0.29) is 0 Å². The van der Waals surface area contributed by atoms with Gasteiger partial charge in [0.05, 0.1) is 6.61 Å². The average Bonchev–Trinajstić information content (AvgIpc) is 3.03. The molecule has 0 aromatic carbocycles. The van der Waals surface area contributed by atoms with Crippen LogP contribution in [0.15, 0.2) is 0 Å². The SMILES string of the molecule is CN(CCCCCO)CCOCC1CC1. The molecule has 0 unspecified atom stereocenters. The van der Waals surface area contributed by atoms with Crippen LogP contribution in [0.4, 0.5) is 0 Å². The fourth-order valence-electron chi connectivity index (χ4n) is 1.54. The number of hydrogen-bond donors (Lipinski definition) is 1. The summed E-state index contributed by atoms with van der Waals surface area (Å²) in [6, 6.07) is 0. The summed E-state index contributed by atoms with van der Waals surface area (Å²) in [6.45, 7) is 4.32. The molecule has 1 aliphatic carbocycles. The van der Waals surface area contributed by atoms with Crippen LogP contribution in [-0.2, 0) is 4.74 Å². The Morgan fingerprint density at radius 3 is 2.67 bits per heavy atom. The summed E-state index contributed by atoms with van der Waals surface area (Å²) in [5, 5.41) is 8.63. The third-order valence-corrected chi connectivity index (χ3v) is 2.87. The van der Waals surface area contributed by atoms with Crippen molar-refractivity contribution in [2.75, 3.05) is 40.0 Å². The van der Waals surface area contributed by atoms with Gasteiger partial charge in [0.1, 0.15) is 0 Å². The number of nitrogens with zero attached hydrogens (tertiary/aromatic N) is 1. The van der Waals surface area contributed by atoms with Crippen molar-refractivity contribution in [1.29, 1.82) is 0 Å². The van der Waals surface area contributed by atoms with Crippen molar-refractivity contribution < 1.29 is 9.84 Å². The molecule has 0 bridgehead atoms. The molecule has 0 radical (unpaired) electrons. The highest BCUT2D eigenvalue weighted by atomic mass is 16.5. The van der Waals surface area contributed by atoms with E-state index in [1.54, 1.807) is 0 Å². The molecule has 3 heteroatoms. The minimum absolute atomic E-state index is 0.328. The van der Waals surface area contributed by atoms with Crippen LogP contribution in [0.3, 0.4) is 0 Å². The van der Waals surface area contributed by atoms with Crippen LogP contribution >= 0.6 is 0 Å². The lowest BCUT2D eigenvalue weighted by Gasteiger charge is -2.16. The van der Waals surface area contributed by atoms with Gasteiger partial charge >= 0.3 is 0 Å². The predicted molar refractivity (Wildman–Crippen MR) is 62.0 cm³/mol. The number of likely N-dealkylation sites (N-methyl/N-ethyl adjacent to an activating group) is 1. The van der Waals surface area contributed by atoms with E-state index in [1.165, 1.54) is 19.3 Å². The Balaban J connectivity index is 1.77. The van der Waals surface area contributed by atoms with Crippen LogP contribution < -0.4 is 0 Å². The number of ether oxygens (including phenoxy) is 1. The molecular formula is C12H25NO2. The Labute approximate surface area is 93.4 Å². The summed E-state index contributed by atoms with van der Waals surface area (Å²) in [7, 11) is 2.14. The van der Waals surface area contributed by atoms with Crippen molar-refractivity contribution >= 4 is 0 Å². The van der Waals surface area contributed by atoms with E-state index in [4.69, 9.17) is 9.84 Å². The quantitative estimate of drug-likeness (QED) is 0.561. The lowest BCUT2D eigenvalue weighted by Crippen LogP contribution is -2.24. The number of hydrogen-bond acceptors (Lipinski definition) is 3. The molecule has 0 saturated heterocycles. The molecular weight excluding hydrogens is 190 g/mol. The molecule has 1 saturated carbocycles. The first-order chi connectivity index (χ1) is 7.33. The van der Waals surface area contributed by atoms with Gasteiger partial charge in [-0.05, 0) is 51.6 Å². The van der Waals surface area contributed by atoms with Gasteiger partial charge in [-0.25, -0.2) is 0 Å². The van der Waals surface area contributed by atoms with Gasteiger partial charge < -0.3 is 14.7 Å². The zero-order valence-electron chi connectivity index (χ0n) is 9.95. The first-order valence-electron chi connectivity index (χ1n) is 6.20. The van der Waals surface area contributed by atoms with Crippen molar-refractivity contribution in [2.45, 2.75) is 32.1 Å². The molecule has 0 atom stereocenters. The molecule has 90 valence electrons. The van der Waals surface area contributed by atoms with Gasteiger partial charge in [0, 0.05) is 19.8 Å². The first-order valence-corrected chi connectivity index (χ1v) is 6.20. The van der Waals surface area contributed by atoms with E-state index in [0.717, 1.165) is 45.1 Å². The van der Waals surface area contributed by atoms with Gasteiger partial charge in [-0.3, -0.25) is 0 Å². The molecule has 0 aromatic rings. The highest BCUT2D eigenvalue weighted by Gasteiger charge is 2.20. The van der Waals surface area contributed by atoms with Crippen molar-refractivity contribution in [3.63, 3.8) is 0 Å². The summed E-state index contributed by atoms with van der Waals surface area (Å²) in [6.07, 6.45) is 5.99. The molecule has 0 aromatic heterocycles. The second kappa shape index (κ2) is 8.08. The van der Waals surface area contributed by atoms with E-state index in [2.05, 4.69) is 11.9 Å². The summed E-state index contributed by atoms with van der Waals surface area (Å²) in [5.41, 5.74) is 0. The zero-order chi connectivity index (χ0) is 10.9. The third-order valence-electron chi connectivity index (χ3n) is 2.87. The second-order valence-electron chi connectivity index (χ2n) is 4.61. The maximum atomic E-state index is 8.63. The van der Waals surface area contributed by atoms with Crippen LogP contribution in [0, 0.1) is 5.92 Å². The monoisotopic (exact) mass is 215 g/mol. The van der Waals surface area contributed by atoms with Crippen LogP contribution in [0.5, 0.6) is 0 Å². The molecule has 1 rings (SSSR count). The Kier molecular flexibility index (Phi) is 6.98. The van der Waals surface area contributed by atoms with Crippen molar-refractivity contribution in [2.24, 2.45) is 5.92 Å². The normalized spacial score (nSPS) is 16.2. The Morgan fingerprint density at radius 1 is 1.20 bits per heavy atom. The zero-order valence-corrected chi connectivity index (χ0v) is 9.95. The van der Waals surface area contributed by atoms with E-state index in [0.29, 0.717) is 6.61 Å². The van der Waals surface area contributed by atoms with Crippen molar-refractivity contribution in [1.82, 2.24) is 4.90 Å². The maximum absolute atomic E-state index is 8.63. The molecule has 1 N–H and O–H groups in total. The highest BCUT2D eigenvalue weighted by Crippen LogP contribution is 2.28. The van der Waals surface area contributed by atoms with Gasteiger partial charge in [0.2, 0.25) is 0 Å². The number of unbranched alkanes of at least 4 members (excludes halogenated alkanes) is 2. The summed E-state index contributed by atoms with van der Waals surface area (Å²) >= 11 is 0. The predicted octanol–water partition coefficient (Wildman–Crippen LogP) is 1.51. The molecule has 1 fully saturated rings. The van der Waals surface area contributed by atoms with Crippen molar-refractivity contribution in [3.8, 4) is 0 Å². The maximum Gasteiger partial charge on any atom is 0.0593 e. The second-order valence-corrected chi connectivity index (χ2v) is 4.61. The molecule has 3 nitrogen and oxygen atoms in total. The summed E-state index contributed by atoms with van der Waals surface area (Å²) < 4.78 is 5.57. The van der Waals surface area contributed by atoms with E-state index < -0.39 is 0 Å². The smallest absolute Gasteiger partial charge is 0.0593 e. The van der Waals surface area contributed by atoms with E-state index in [1.807, 2.05) is 0 Å². The molecule has 0 aliphatic heterocycles. The molecule has 1 aliphatic rings. The van der Waals surface area contributed by atoms with Crippen molar-refractivity contribution in [3.05, 3.63) is 0 Å². The summed E-state index contributed by atoms with van der Waals surface area (Å²) in [4.78, 5) is 2.31. The Morgan fingerprint density at radius 2 is 2.00 bits per heavy atom. The largest absolute Gasteiger partial charge is 0.396 e. The molecule has 0 spiro atoms. The van der Waals surface area contributed by atoms with Crippen LogP contribution in [0.2, 0.25) is 0 Å². The number of rotatable bonds is 10. The molecule has 0 amide bonds. The average molecular weight is 215 g/mol. The first kappa shape index (κ1) is 12.9. The lowest BCUT2D eigenvalue weighted by atomic mass is 10.2. The van der Waals surface area contributed by atoms with Crippen LogP contribution in [0.1, 0.15) is 32.1 Å². The van der Waals surface area contributed by atoms with Gasteiger partial charge in [0.25, 0.3) is 0 Å². The standard InChI is InChI=1S/C12H25NO2/c1-13(7-3-2-4-9-14)8-10-15-11-12-5-6-12/h12,14H,2-11H2,1H3. The topological polar surface area (TPSA) is 32.7 Å². The van der Waals surface area contributed by atoms with E-state index >= 15 is 0 Å². The molecule has 15 heavy (non-hydrogen) atoms. The Hall–Kier alpha value is -0.120. The highest BCUT2D eigenvalue weighted by molar-refractivity contribution is 4.71. The van der Waals surface area contributed by atoms with Gasteiger partial charge in [0.15, 0.2) is 0 Å². The van der Waals surface area contributed by atoms with Crippen LogP contribution in [0.25, 0.3) is 0 Å². The van der Waals surface area contributed by atoms with Gasteiger partial charge in [-0.15, -0.1) is 0 Å². The van der Waals surface area contributed by atoms with Gasteiger partial charge in [-0.1, -0.05) is 0 Å². The summed E-state index contributed by atoms with van der Waals surface area (Å²) in [5.74, 6) is 0.875. The molecule has 0 heterocycles. The number of aliphatic hydroxyl groups excluding tert-OH is 1. The van der Waals surface area contributed by atoms with Crippen LogP contribution in [-0.4, -0.2) is 50.0 Å². The fraction of sp³-hybridized carbons (Fsp3) is 1.00. The Bertz CT molecular complexity index is 149. The van der Waals surface area contributed by atoms with E-state index in [9.17, 15) is 0 Å². The fourth-order valence-corrected chi connectivity index (χ4v) is 1.54. The number of aliphatic hydroxyl groups is 1. The minimum atomic E-state index is 0.328. The minimum Gasteiger partial charge on any atom is -0.396 e. The third kappa shape index (κ3) is 7.77. The lowest BCUT2D eigenvalue weighted by molar-refractivity contribution is 0.103.